The molecular formula is C22H20N2O2S. The summed E-state index contributed by atoms with van der Waals surface area (Å²) in [5.41, 5.74) is 3.59. The number of thiophene rings is 1. The van der Waals surface area contributed by atoms with Crippen LogP contribution in [0.15, 0.2) is 78.2 Å². The van der Waals surface area contributed by atoms with E-state index in [1.165, 1.54) is 0 Å². The minimum Gasteiger partial charge on any atom is -0.387 e. The van der Waals surface area contributed by atoms with Gasteiger partial charge in [-0.25, -0.2) is 0 Å². The lowest BCUT2D eigenvalue weighted by atomic mass is 10.1. The summed E-state index contributed by atoms with van der Waals surface area (Å²) in [7, 11) is 0. The molecule has 0 saturated heterocycles. The third-order valence-electron chi connectivity index (χ3n) is 4.58. The predicted molar refractivity (Wildman–Crippen MR) is 109 cm³/mol. The molecule has 2 aromatic carbocycles. The first-order chi connectivity index (χ1) is 13.2. The Morgan fingerprint density at radius 3 is 2.48 bits per heavy atom. The number of benzene rings is 2. The molecule has 2 aromatic heterocycles. The first-order valence-corrected chi connectivity index (χ1v) is 9.72. The first kappa shape index (κ1) is 17.5. The van der Waals surface area contributed by atoms with Gasteiger partial charge in [0.15, 0.2) is 0 Å². The maximum absolute atomic E-state index is 12.8. The molecule has 0 aliphatic heterocycles. The van der Waals surface area contributed by atoms with E-state index >= 15 is 0 Å². The average Bonchev–Trinajstić information content (AvgIpc) is 3.30. The topological polar surface area (TPSA) is 54.3 Å². The molecule has 0 spiro atoms. The van der Waals surface area contributed by atoms with E-state index in [1.807, 2.05) is 70.6 Å². The van der Waals surface area contributed by atoms with Gasteiger partial charge in [-0.3, -0.25) is 4.79 Å². The van der Waals surface area contributed by atoms with E-state index in [0.717, 1.165) is 21.3 Å². The quantitative estimate of drug-likeness (QED) is 0.529. The van der Waals surface area contributed by atoms with Crippen LogP contribution in [0.3, 0.4) is 0 Å². The van der Waals surface area contributed by atoms with Crippen molar-refractivity contribution in [2.45, 2.75) is 12.6 Å². The van der Waals surface area contributed by atoms with Crippen molar-refractivity contribution < 1.29 is 9.90 Å². The van der Waals surface area contributed by atoms with E-state index in [4.69, 9.17) is 0 Å². The normalized spacial score (nSPS) is 12.2. The zero-order valence-corrected chi connectivity index (χ0v) is 15.5. The highest BCUT2D eigenvalue weighted by Gasteiger charge is 2.18. The molecule has 1 atom stereocenters. The molecule has 2 N–H and O–H groups in total. The van der Waals surface area contributed by atoms with E-state index in [0.29, 0.717) is 12.2 Å². The second kappa shape index (κ2) is 7.78. The van der Waals surface area contributed by atoms with Crippen LogP contribution < -0.4 is 5.32 Å². The molecule has 0 aliphatic carbocycles. The predicted octanol–water partition coefficient (Wildman–Crippen LogP) is 4.21. The standard InChI is InChI=1S/C22H20N2O2S/c25-20(17-9-5-2-6-10-17)14-23-22(26)19-13-21-18(11-12-27-21)24(19)15-16-7-3-1-4-8-16/h1-13,20,25H,14-15H2,(H,23,26)/t20-/m1/s1. The zero-order valence-electron chi connectivity index (χ0n) is 14.7. The molecule has 0 aliphatic rings. The summed E-state index contributed by atoms with van der Waals surface area (Å²) in [5.74, 6) is -0.177. The molecular weight excluding hydrogens is 356 g/mol. The van der Waals surface area contributed by atoms with Crippen LogP contribution in [-0.2, 0) is 6.54 Å². The van der Waals surface area contributed by atoms with Crippen molar-refractivity contribution in [2.75, 3.05) is 6.54 Å². The van der Waals surface area contributed by atoms with Gasteiger partial charge in [0, 0.05) is 13.1 Å². The maximum Gasteiger partial charge on any atom is 0.268 e. The monoisotopic (exact) mass is 376 g/mol. The van der Waals surface area contributed by atoms with Gasteiger partial charge in [0.2, 0.25) is 0 Å². The zero-order chi connectivity index (χ0) is 18.6. The number of rotatable bonds is 6. The van der Waals surface area contributed by atoms with Gasteiger partial charge in [-0.1, -0.05) is 60.7 Å². The number of fused-ring (bicyclic) bond motifs is 1. The van der Waals surface area contributed by atoms with Gasteiger partial charge in [0.25, 0.3) is 5.91 Å². The van der Waals surface area contributed by atoms with E-state index < -0.39 is 6.10 Å². The number of carbonyl (C=O) groups excluding carboxylic acids is 1. The van der Waals surface area contributed by atoms with Gasteiger partial charge in [0.1, 0.15) is 5.69 Å². The number of hydrogen-bond acceptors (Lipinski definition) is 3. The Morgan fingerprint density at radius 1 is 1.04 bits per heavy atom. The van der Waals surface area contributed by atoms with Crippen LogP contribution in [-0.4, -0.2) is 22.1 Å². The van der Waals surface area contributed by atoms with Gasteiger partial charge < -0.3 is 15.0 Å². The van der Waals surface area contributed by atoms with Crippen LogP contribution in [0.4, 0.5) is 0 Å². The summed E-state index contributed by atoms with van der Waals surface area (Å²) in [6, 6.07) is 23.4. The molecule has 5 heteroatoms. The molecule has 0 fully saturated rings. The highest BCUT2D eigenvalue weighted by atomic mass is 32.1. The minimum absolute atomic E-state index is 0.174. The molecule has 1 amide bonds. The van der Waals surface area contributed by atoms with Crippen LogP contribution in [0.25, 0.3) is 10.2 Å². The molecule has 0 saturated carbocycles. The maximum atomic E-state index is 12.8. The Labute approximate surface area is 161 Å². The fourth-order valence-electron chi connectivity index (χ4n) is 3.17. The Balaban J connectivity index is 1.55. The van der Waals surface area contributed by atoms with Gasteiger partial charge >= 0.3 is 0 Å². The van der Waals surface area contributed by atoms with E-state index in [-0.39, 0.29) is 12.5 Å². The number of nitrogens with one attached hydrogen (secondary N) is 1. The highest BCUT2D eigenvalue weighted by Crippen LogP contribution is 2.26. The smallest absolute Gasteiger partial charge is 0.268 e. The minimum atomic E-state index is -0.728. The van der Waals surface area contributed by atoms with E-state index in [2.05, 4.69) is 17.4 Å². The number of hydrogen-bond donors (Lipinski definition) is 2. The largest absolute Gasteiger partial charge is 0.387 e. The summed E-state index contributed by atoms with van der Waals surface area (Å²) < 4.78 is 3.12. The third-order valence-corrected chi connectivity index (χ3v) is 5.43. The number of nitrogens with zero attached hydrogens (tertiary/aromatic N) is 1. The van der Waals surface area contributed by atoms with Gasteiger partial charge in [-0.15, -0.1) is 11.3 Å². The number of amides is 1. The van der Waals surface area contributed by atoms with Crippen molar-refractivity contribution in [3.05, 3.63) is 95.0 Å². The lowest BCUT2D eigenvalue weighted by molar-refractivity contribution is 0.0908. The highest BCUT2D eigenvalue weighted by molar-refractivity contribution is 7.17. The molecule has 2 heterocycles. The summed E-state index contributed by atoms with van der Waals surface area (Å²) in [6.45, 7) is 0.804. The third kappa shape index (κ3) is 3.79. The van der Waals surface area contributed by atoms with Crippen LogP contribution in [0.1, 0.15) is 27.7 Å². The fourth-order valence-corrected chi connectivity index (χ4v) is 4.00. The van der Waals surface area contributed by atoms with Crippen molar-refractivity contribution >= 4 is 27.5 Å². The number of aromatic nitrogens is 1. The molecule has 4 aromatic rings. The van der Waals surface area contributed by atoms with Crippen LogP contribution >= 0.6 is 11.3 Å². The molecule has 0 unspecified atom stereocenters. The van der Waals surface area contributed by atoms with Crippen molar-refractivity contribution in [3.63, 3.8) is 0 Å². The Bertz CT molecular complexity index is 1040. The summed E-state index contributed by atoms with van der Waals surface area (Å²) in [4.78, 5) is 12.8. The molecule has 27 heavy (non-hydrogen) atoms. The SMILES string of the molecule is O=C(NC[C@@H](O)c1ccccc1)c1cc2sccc2n1Cc1ccccc1. The van der Waals surface area contributed by atoms with Crippen molar-refractivity contribution in [2.24, 2.45) is 0 Å². The van der Waals surface area contributed by atoms with Crippen molar-refractivity contribution in [3.8, 4) is 0 Å². The molecule has 0 radical (unpaired) electrons. The van der Waals surface area contributed by atoms with Crippen LogP contribution in [0, 0.1) is 0 Å². The lowest BCUT2D eigenvalue weighted by Crippen LogP contribution is -2.30. The first-order valence-electron chi connectivity index (χ1n) is 8.84. The molecule has 136 valence electrons. The van der Waals surface area contributed by atoms with Crippen LogP contribution in [0.5, 0.6) is 0 Å². The number of carbonyl (C=O) groups is 1. The number of aliphatic hydroxyl groups is 1. The van der Waals surface area contributed by atoms with Crippen molar-refractivity contribution in [1.29, 1.82) is 0 Å². The molecule has 4 nitrogen and oxygen atoms in total. The van der Waals surface area contributed by atoms with E-state index in [1.54, 1.807) is 11.3 Å². The lowest BCUT2D eigenvalue weighted by Gasteiger charge is -2.14. The summed E-state index contributed by atoms with van der Waals surface area (Å²) >= 11 is 1.62. The summed E-state index contributed by atoms with van der Waals surface area (Å²) in [6.07, 6.45) is -0.728. The number of aliphatic hydroxyl groups excluding tert-OH is 1. The average molecular weight is 376 g/mol. The molecule has 0 bridgehead atoms. The Kier molecular flexibility index (Phi) is 5.05. The van der Waals surface area contributed by atoms with Crippen LogP contribution in [0.2, 0.25) is 0 Å². The van der Waals surface area contributed by atoms with Crippen molar-refractivity contribution in [1.82, 2.24) is 9.88 Å². The van der Waals surface area contributed by atoms with E-state index in [9.17, 15) is 9.90 Å². The summed E-state index contributed by atoms with van der Waals surface area (Å²) in [5, 5.41) is 15.2. The Hall–Kier alpha value is -2.89. The van der Waals surface area contributed by atoms with Gasteiger partial charge in [-0.05, 0) is 28.6 Å². The van der Waals surface area contributed by atoms with Gasteiger partial charge in [0.05, 0.1) is 16.3 Å². The molecule has 4 rings (SSSR count). The van der Waals surface area contributed by atoms with Gasteiger partial charge in [-0.2, -0.15) is 0 Å². The second-order valence-corrected chi connectivity index (χ2v) is 7.36. The second-order valence-electron chi connectivity index (χ2n) is 6.41. The fraction of sp³-hybridized carbons (Fsp3) is 0.136. The Morgan fingerprint density at radius 2 is 1.74 bits per heavy atom.